The Labute approximate surface area is 244 Å². The summed E-state index contributed by atoms with van der Waals surface area (Å²) in [4.78, 5) is 29.9. The maximum absolute atomic E-state index is 14.4. The highest BCUT2D eigenvalue weighted by molar-refractivity contribution is 6.30. The number of hydrogen-bond donors (Lipinski definition) is 2. The molecular weight excluding hydrogens is 540 g/mol. The lowest BCUT2D eigenvalue weighted by Crippen LogP contribution is -2.51. The Bertz CT molecular complexity index is 1570. The van der Waals surface area contributed by atoms with Crippen LogP contribution in [-0.4, -0.2) is 43.6 Å². The lowest BCUT2D eigenvalue weighted by molar-refractivity contribution is -0.138. The number of ketones is 1. The zero-order valence-corrected chi connectivity index (χ0v) is 24.0. The largest absolute Gasteiger partial charge is 0.493 e. The summed E-state index contributed by atoms with van der Waals surface area (Å²) in [7, 11) is 2.99. The van der Waals surface area contributed by atoms with Crippen molar-refractivity contribution >= 4 is 45.4 Å². The maximum Gasteiger partial charge on any atom is 0.240 e. The van der Waals surface area contributed by atoms with E-state index in [4.69, 9.17) is 21.1 Å². The molecule has 0 bridgehead atoms. The third kappa shape index (κ3) is 5.60. The molecule has 3 unspecified atom stereocenters. The fourth-order valence-electron chi connectivity index (χ4n) is 5.56. The molecule has 1 heterocycles. The number of fused-ring (bicyclic) bond motifs is 2. The van der Waals surface area contributed by atoms with Crippen molar-refractivity contribution in [3.05, 3.63) is 95.0 Å². The van der Waals surface area contributed by atoms with E-state index >= 15 is 0 Å². The van der Waals surface area contributed by atoms with E-state index in [0.29, 0.717) is 40.7 Å². The molecule has 0 aromatic heterocycles. The molecule has 0 fully saturated rings. The zero-order chi connectivity index (χ0) is 29.1. The molecule has 7 nitrogen and oxygen atoms in total. The minimum Gasteiger partial charge on any atom is -0.493 e. The van der Waals surface area contributed by atoms with Gasteiger partial charge in [0.05, 0.1) is 31.5 Å². The monoisotopic (exact) mass is 572 g/mol. The van der Waals surface area contributed by atoms with Crippen LogP contribution in [0.4, 0.5) is 11.4 Å². The fraction of sp³-hybridized carbons (Fsp3) is 0.273. The van der Waals surface area contributed by atoms with Gasteiger partial charge in [-0.15, -0.1) is 0 Å². The summed E-state index contributed by atoms with van der Waals surface area (Å²) in [6, 6.07) is 23.7. The summed E-state index contributed by atoms with van der Waals surface area (Å²) in [5, 5.41) is 17.7. The van der Waals surface area contributed by atoms with Gasteiger partial charge in [-0.25, -0.2) is 0 Å². The number of aliphatic hydroxyl groups is 1. The predicted molar refractivity (Wildman–Crippen MR) is 162 cm³/mol. The topological polar surface area (TPSA) is 88.1 Å². The number of carbonyl (C=O) groups excluding carboxylic acids is 2. The highest BCUT2D eigenvalue weighted by atomic mass is 35.5. The average Bonchev–Trinajstić information content (AvgIpc) is 2.99. The molecule has 4 aromatic rings. The number of rotatable bonds is 10. The molecule has 1 aliphatic rings. The summed E-state index contributed by atoms with van der Waals surface area (Å²) < 4.78 is 11.1. The van der Waals surface area contributed by atoms with Gasteiger partial charge < -0.3 is 24.8 Å². The molecule has 1 aliphatic heterocycles. The van der Waals surface area contributed by atoms with Gasteiger partial charge in [0.2, 0.25) is 5.91 Å². The Balaban J connectivity index is 1.57. The number of benzene rings is 4. The van der Waals surface area contributed by atoms with Gasteiger partial charge in [0, 0.05) is 17.3 Å². The van der Waals surface area contributed by atoms with Gasteiger partial charge >= 0.3 is 0 Å². The van der Waals surface area contributed by atoms with Crippen molar-refractivity contribution in [2.24, 2.45) is 5.92 Å². The van der Waals surface area contributed by atoms with Crippen LogP contribution >= 0.6 is 11.6 Å². The van der Waals surface area contributed by atoms with Crippen LogP contribution in [0.25, 0.3) is 10.8 Å². The number of methoxy groups -OCH3 is 2. The van der Waals surface area contributed by atoms with Gasteiger partial charge in [-0.05, 0) is 65.6 Å². The molecule has 1 amide bonds. The molecule has 41 heavy (non-hydrogen) atoms. The second-order valence-corrected chi connectivity index (χ2v) is 10.6. The molecule has 4 aromatic carbocycles. The molecule has 0 aliphatic carbocycles. The van der Waals surface area contributed by atoms with E-state index in [9.17, 15) is 14.7 Å². The van der Waals surface area contributed by atoms with Crippen LogP contribution in [0.1, 0.15) is 30.6 Å². The van der Waals surface area contributed by atoms with Gasteiger partial charge in [-0.2, -0.15) is 0 Å². The third-order valence-electron chi connectivity index (χ3n) is 7.54. The minimum absolute atomic E-state index is 0.287. The minimum atomic E-state index is -1.42. The second-order valence-electron chi connectivity index (χ2n) is 10.1. The van der Waals surface area contributed by atoms with Crippen molar-refractivity contribution in [2.45, 2.75) is 31.9 Å². The van der Waals surface area contributed by atoms with Crippen molar-refractivity contribution in [1.82, 2.24) is 0 Å². The molecule has 0 saturated carbocycles. The quantitative estimate of drug-likeness (QED) is 0.220. The van der Waals surface area contributed by atoms with E-state index in [0.717, 1.165) is 22.0 Å². The van der Waals surface area contributed by atoms with Crippen LogP contribution < -0.4 is 19.7 Å². The summed E-state index contributed by atoms with van der Waals surface area (Å²) in [6.45, 7) is 2.35. The molecule has 212 valence electrons. The van der Waals surface area contributed by atoms with E-state index < -0.39 is 29.8 Å². The molecule has 8 heteroatoms. The van der Waals surface area contributed by atoms with E-state index in [1.165, 1.54) is 14.2 Å². The van der Waals surface area contributed by atoms with Gasteiger partial charge in [-0.1, -0.05) is 61.0 Å². The second kappa shape index (κ2) is 12.2. The van der Waals surface area contributed by atoms with E-state index in [1.54, 1.807) is 29.2 Å². The average molecular weight is 573 g/mol. The van der Waals surface area contributed by atoms with Gasteiger partial charge in [0.1, 0.15) is 12.0 Å². The SMILES string of the molecule is CCCN1C(=O)C(C(=O)C(Cc2ccc(Cl)cc2)Nc2ccc3ccccc3c2)C(O)c2c1ccc(OC)c2OC. The standard InChI is InChI=1S/C33H33ClN2O5/c1-4-17-36-26-15-16-27(40-2)32(41-3)28(26)31(38)29(33(36)39)30(37)25(18-20-9-12-23(34)13-10-20)35-24-14-11-21-7-5-6-8-22(21)19-24/h5-16,19,25,29,31,35,38H,4,17-18H2,1-3H3. The summed E-state index contributed by atoms with van der Waals surface area (Å²) in [5.41, 5.74) is 2.49. The van der Waals surface area contributed by atoms with Crippen molar-refractivity contribution in [3.63, 3.8) is 0 Å². The van der Waals surface area contributed by atoms with Gasteiger partial charge in [-0.3, -0.25) is 9.59 Å². The molecule has 0 radical (unpaired) electrons. The van der Waals surface area contributed by atoms with Crippen LogP contribution in [0.15, 0.2) is 78.9 Å². The number of amides is 1. The summed E-state index contributed by atoms with van der Waals surface area (Å²) in [6.07, 6.45) is -0.468. The maximum atomic E-state index is 14.4. The third-order valence-corrected chi connectivity index (χ3v) is 7.79. The first kappa shape index (κ1) is 28.5. The predicted octanol–water partition coefficient (Wildman–Crippen LogP) is 6.21. The lowest BCUT2D eigenvalue weighted by Gasteiger charge is -2.38. The van der Waals surface area contributed by atoms with Crippen LogP contribution in [0, 0.1) is 5.92 Å². The first-order valence-electron chi connectivity index (χ1n) is 13.6. The summed E-state index contributed by atoms with van der Waals surface area (Å²) in [5.74, 6) is -1.48. The highest BCUT2D eigenvalue weighted by Gasteiger charge is 2.47. The van der Waals surface area contributed by atoms with E-state index in [-0.39, 0.29) is 6.42 Å². The van der Waals surface area contributed by atoms with Gasteiger partial charge in [0.15, 0.2) is 17.3 Å². The Morgan fingerprint density at radius 2 is 1.73 bits per heavy atom. The normalized spacial score (nSPS) is 17.2. The molecular formula is C33H33ClN2O5. The molecule has 0 spiro atoms. The number of anilines is 2. The number of ether oxygens (including phenoxy) is 2. The molecule has 3 atom stereocenters. The van der Waals surface area contributed by atoms with Crippen LogP contribution in [0.5, 0.6) is 11.5 Å². The Morgan fingerprint density at radius 1 is 1.00 bits per heavy atom. The number of halogens is 1. The highest BCUT2D eigenvalue weighted by Crippen LogP contribution is 2.48. The van der Waals surface area contributed by atoms with E-state index in [1.807, 2.05) is 61.5 Å². The lowest BCUT2D eigenvalue weighted by atomic mass is 9.81. The Kier molecular flexibility index (Phi) is 8.47. The number of Topliss-reactive ketones (excluding diaryl/α,β-unsaturated/α-hetero) is 1. The summed E-state index contributed by atoms with van der Waals surface area (Å²) >= 11 is 6.11. The van der Waals surface area contributed by atoms with Crippen molar-refractivity contribution in [3.8, 4) is 11.5 Å². The van der Waals surface area contributed by atoms with Crippen molar-refractivity contribution < 1.29 is 24.2 Å². The molecule has 5 rings (SSSR count). The molecule has 0 saturated heterocycles. The van der Waals surface area contributed by atoms with Crippen molar-refractivity contribution in [1.29, 1.82) is 0 Å². The van der Waals surface area contributed by atoms with Gasteiger partial charge in [0.25, 0.3) is 0 Å². The number of aliphatic hydroxyl groups excluding tert-OH is 1. The first-order chi connectivity index (χ1) is 19.9. The zero-order valence-electron chi connectivity index (χ0n) is 23.3. The Hall–Kier alpha value is -4.07. The fourth-order valence-corrected chi connectivity index (χ4v) is 5.68. The van der Waals surface area contributed by atoms with Crippen LogP contribution in [0.3, 0.4) is 0 Å². The first-order valence-corrected chi connectivity index (χ1v) is 14.0. The Morgan fingerprint density at radius 3 is 2.41 bits per heavy atom. The number of nitrogens with one attached hydrogen (secondary N) is 1. The van der Waals surface area contributed by atoms with Crippen LogP contribution in [-0.2, 0) is 16.0 Å². The number of hydrogen-bond acceptors (Lipinski definition) is 6. The smallest absolute Gasteiger partial charge is 0.240 e. The molecule has 2 N–H and O–H groups in total. The van der Waals surface area contributed by atoms with Crippen molar-refractivity contribution in [2.75, 3.05) is 31.0 Å². The van der Waals surface area contributed by atoms with Crippen LogP contribution in [0.2, 0.25) is 5.02 Å². The number of carbonyl (C=O) groups is 2. The number of nitrogens with zero attached hydrogens (tertiary/aromatic N) is 1. The van der Waals surface area contributed by atoms with E-state index in [2.05, 4.69) is 5.32 Å².